The number of amides is 1. The van der Waals surface area contributed by atoms with E-state index in [-0.39, 0.29) is 5.91 Å². The third-order valence-corrected chi connectivity index (χ3v) is 4.07. The highest BCUT2D eigenvalue weighted by Gasteiger charge is 2.22. The van der Waals surface area contributed by atoms with Crippen LogP contribution in [0.25, 0.3) is 11.0 Å². The number of carbonyl (C=O) groups is 1. The van der Waals surface area contributed by atoms with Gasteiger partial charge in [0.1, 0.15) is 5.82 Å². The molecule has 1 amide bonds. The van der Waals surface area contributed by atoms with Crippen molar-refractivity contribution < 1.29 is 4.79 Å². The minimum atomic E-state index is 0.158. The number of nitrogens with one attached hydrogen (secondary N) is 1. The second kappa shape index (κ2) is 6.06. The summed E-state index contributed by atoms with van der Waals surface area (Å²) in [6.45, 7) is 2.83. The zero-order valence-corrected chi connectivity index (χ0v) is 13.0. The first-order valence-corrected chi connectivity index (χ1v) is 8.02. The molecule has 1 aliphatic rings. The van der Waals surface area contributed by atoms with Gasteiger partial charge in [-0.05, 0) is 43.9 Å². The van der Waals surface area contributed by atoms with Crippen molar-refractivity contribution in [1.29, 1.82) is 0 Å². The van der Waals surface area contributed by atoms with Crippen molar-refractivity contribution >= 4 is 28.5 Å². The number of hydrogen-bond acceptors (Lipinski definition) is 2. The van der Waals surface area contributed by atoms with E-state index in [4.69, 9.17) is 11.6 Å². The van der Waals surface area contributed by atoms with Crippen LogP contribution < -0.4 is 5.32 Å². The predicted molar refractivity (Wildman–Crippen MR) is 84.4 cm³/mol. The highest BCUT2D eigenvalue weighted by atomic mass is 35.5. The summed E-state index contributed by atoms with van der Waals surface area (Å²) in [5.41, 5.74) is 3.27. The molecule has 0 saturated heterocycles. The van der Waals surface area contributed by atoms with Crippen LogP contribution in [-0.4, -0.2) is 21.5 Å². The van der Waals surface area contributed by atoms with Crippen molar-refractivity contribution in [2.45, 2.75) is 51.1 Å². The molecule has 1 aliphatic carbocycles. The minimum absolute atomic E-state index is 0.158. The summed E-state index contributed by atoms with van der Waals surface area (Å²) >= 11 is 6.00. The van der Waals surface area contributed by atoms with E-state index in [1.54, 1.807) is 0 Å². The van der Waals surface area contributed by atoms with Crippen LogP contribution in [0.1, 0.15) is 37.1 Å². The van der Waals surface area contributed by atoms with Gasteiger partial charge in [0.05, 0.1) is 16.9 Å². The van der Waals surface area contributed by atoms with Crippen LogP contribution in [0.15, 0.2) is 18.2 Å². The lowest BCUT2D eigenvalue weighted by atomic mass is 10.2. The van der Waals surface area contributed by atoms with Crippen molar-refractivity contribution in [3.8, 4) is 0 Å². The maximum Gasteiger partial charge on any atom is 0.220 e. The van der Waals surface area contributed by atoms with Crippen LogP contribution in [0.3, 0.4) is 0 Å². The van der Waals surface area contributed by atoms with Gasteiger partial charge in [-0.15, -0.1) is 11.6 Å². The largest absolute Gasteiger partial charge is 0.353 e. The molecule has 0 bridgehead atoms. The fraction of sp³-hybridized carbons (Fsp3) is 0.500. The zero-order valence-electron chi connectivity index (χ0n) is 12.2. The zero-order chi connectivity index (χ0) is 14.8. The van der Waals surface area contributed by atoms with Gasteiger partial charge in [-0.3, -0.25) is 4.79 Å². The summed E-state index contributed by atoms with van der Waals surface area (Å²) in [4.78, 5) is 16.3. The van der Waals surface area contributed by atoms with Gasteiger partial charge < -0.3 is 9.88 Å². The lowest BCUT2D eigenvalue weighted by molar-refractivity contribution is -0.121. The number of alkyl halides is 1. The molecule has 2 aromatic rings. The van der Waals surface area contributed by atoms with Crippen LogP contribution >= 0.6 is 11.6 Å². The van der Waals surface area contributed by atoms with E-state index in [0.29, 0.717) is 18.3 Å². The van der Waals surface area contributed by atoms with Gasteiger partial charge in [-0.25, -0.2) is 4.98 Å². The molecule has 1 fully saturated rings. The van der Waals surface area contributed by atoms with E-state index >= 15 is 0 Å². The molecule has 3 rings (SSSR count). The Labute approximate surface area is 129 Å². The Bertz CT molecular complexity index is 661. The standard InChI is InChI=1S/C16H20ClN3O/c1-11-4-7-14-13(9-11)19-15(10-17)20(14)8-2-3-16(21)18-12-5-6-12/h4,7,9,12H,2-3,5-6,8,10H2,1H3,(H,18,21). The number of nitrogens with zero attached hydrogens (tertiary/aromatic N) is 2. The van der Waals surface area contributed by atoms with Crippen molar-refractivity contribution in [2.24, 2.45) is 0 Å². The SMILES string of the molecule is Cc1ccc2c(c1)nc(CCl)n2CCCC(=O)NC1CC1. The molecule has 4 nitrogen and oxygen atoms in total. The fourth-order valence-corrected chi connectivity index (χ4v) is 2.77. The van der Waals surface area contributed by atoms with E-state index in [0.717, 1.165) is 42.7 Å². The Morgan fingerprint density at radius 3 is 3.00 bits per heavy atom. The van der Waals surface area contributed by atoms with E-state index in [9.17, 15) is 4.79 Å². The number of imidazole rings is 1. The van der Waals surface area contributed by atoms with Gasteiger partial charge in [-0.1, -0.05) is 6.07 Å². The van der Waals surface area contributed by atoms with Crippen molar-refractivity contribution in [3.63, 3.8) is 0 Å². The summed E-state index contributed by atoms with van der Waals surface area (Å²) in [6.07, 6.45) is 3.63. The summed E-state index contributed by atoms with van der Waals surface area (Å²) in [6, 6.07) is 6.67. The summed E-state index contributed by atoms with van der Waals surface area (Å²) < 4.78 is 2.13. The summed E-state index contributed by atoms with van der Waals surface area (Å²) in [5.74, 6) is 1.42. The number of hydrogen-bond donors (Lipinski definition) is 1. The normalized spacial score (nSPS) is 14.6. The highest BCUT2D eigenvalue weighted by Crippen LogP contribution is 2.21. The lowest BCUT2D eigenvalue weighted by Crippen LogP contribution is -2.25. The van der Waals surface area contributed by atoms with E-state index in [1.165, 1.54) is 5.56 Å². The number of fused-ring (bicyclic) bond motifs is 1. The molecule has 0 radical (unpaired) electrons. The average Bonchev–Trinajstić information content (AvgIpc) is 3.19. The molecule has 0 aliphatic heterocycles. The predicted octanol–water partition coefficient (Wildman–Crippen LogP) is 3.14. The molecule has 21 heavy (non-hydrogen) atoms. The van der Waals surface area contributed by atoms with Gasteiger partial charge in [0.25, 0.3) is 0 Å². The van der Waals surface area contributed by atoms with E-state index in [1.807, 2.05) is 0 Å². The van der Waals surface area contributed by atoms with Gasteiger partial charge in [0.15, 0.2) is 0 Å². The molecule has 1 N–H and O–H groups in total. The maximum atomic E-state index is 11.7. The first-order chi connectivity index (χ1) is 10.2. The highest BCUT2D eigenvalue weighted by molar-refractivity contribution is 6.16. The summed E-state index contributed by atoms with van der Waals surface area (Å²) in [7, 11) is 0. The molecule has 5 heteroatoms. The molecule has 0 spiro atoms. The Morgan fingerprint density at radius 2 is 2.29 bits per heavy atom. The lowest BCUT2D eigenvalue weighted by Gasteiger charge is -2.08. The Kier molecular flexibility index (Phi) is 4.15. The third-order valence-electron chi connectivity index (χ3n) is 3.83. The van der Waals surface area contributed by atoms with Gasteiger partial charge in [-0.2, -0.15) is 0 Å². The number of aromatic nitrogens is 2. The van der Waals surface area contributed by atoms with Gasteiger partial charge in [0.2, 0.25) is 5.91 Å². The first kappa shape index (κ1) is 14.4. The number of benzene rings is 1. The topological polar surface area (TPSA) is 46.9 Å². The third kappa shape index (κ3) is 3.38. The Hall–Kier alpha value is -1.55. The average molecular weight is 306 g/mol. The van der Waals surface area contributed by atoms with Crippen molar-refractivity contribution in [2.75, 3.05) is 0 Å². The second-order valence-corrected chi connectivity index (χ2v) is 6.02. The fourth-order valence-electron chi connectivity index (χ4n) is 2.57. The quantitative estimate of drug-likeness (QED) is 0.833. The minimum Gasteiger partial charge on any atom is -0.353 e. The number of halogens is 1. The number of aryl methyl sites for hydroxylation is 2. The van der Waals surface area contributed by atoms with E-state index < -0.39 is 0 Å². The van der Waals surface area contributed by atoms with Crippen molar-refractivity contribution in [1.82, 2.24) is 14.9 Å². The molecular weight excluding hydrogens is 286 g/mol. The number of rotatable bonds is 6. The Balaban J connectivity index is 1.68. The smallest absolute Gasteiger partial charge is 0.220 e. The van der Waals surface area contributed by atoms with Crippen LogP contribution in [0.5, 0.6) is 0 Å². The molecule has 112 valence electrons. The molecule has 1 aromatic heterocycles. The molecule has 0 unspecified atom stereocenters. The maximum absolute atomic E-state index is 11.7. The molecule has 1 heterocycles. The molecule has 1 saturated carbocycles. The van der Waals surface area contributed by atoms with Gasteiger partial charge in [0, 0.05) is 19.0 Å². The van der Waals surface area contributed by atoms with E-state index in [2.05, 4.69) is 40.0 Å². The number of carbonyl (C=O) groups excluding carboxylic acids is 1. The molecule has 1 aromatic carbocycles. The second-order valence-electron chi connectivity index (χ2n) is 5.75. The van der Waals surface area contributed by atoms with Crippen LogP contribution in [0, 0.1) is 6.92 Å². The Morgan fingerprint density at radius 1 is 1.48 bits per heavy atom. The molecule has 0 atom stereocenters. The van der Waals surface area contributed by atoms with Crippen LogP contribution in [0.4, 0.5) is 0 Å². The summed E-state index contributed by atoms with van der Waals surface area (Å²) in [5, 5.41) is 3.02. The monoisotopic (exact) mass is 305 g/mol. The van der Waals surface area contributed by atoms with Crippen molar-refractivity contribution in [3.05, 3.63) is 29.6 Å². The molecular formula is C16H20ClN3O. The van der Waals surface area contributed by atoms with Crippen LogP contribution in [0.2, 0.25) is 0 Å². The van der Waals surface area contributed by atoms with Gasteiger partial charge >= 0.3 is 0 Å². The first-order valence-electron chi connectivity index (χ1n) is 7.48. The van der Waals surface area contributed by atoms with Crippen LogP contribution in [-0.2, 0) is 17.2 Å².